The van der Waals surface area contributed by atoms with E-state index in [9.17, 15) is 14.7 Å². The van der Waals surface area contributed by atoms with Gasteiger partial charge < -0.3 is 10.0 Å². The van der Waals surface area contributed by atoms with Crippen LogP contribution in [0.2, 0.25) is 0 Å². The molecule has 0 aliphatic carbocycles. The van der Waals surface area contributed by atoms with Crippen LogP contribution in [0.1, 0.15) is 23.7 Å². The van der Waals surface area contributed by atoms with E-state index in [-0.39, 0.29) is 12.5 Å². The van der Waals surface area contributed by atoms with Gasteiger partial charge in [-0.2, -0.15) is 0 Å². The van der Waals surface area contributed by atoms with Gasteiger partial charge in [-0.25, -0.2) is 0 Å². The second-order valence-corrected chi connectivity index (χ2v) is 5.75. The summed E-state index contributed by atoms with van der Waals surface area (Å²) in [6, 6.07) is 9.10. The zero-order valence-electron chi connectivity index (χ0n) is 11.7. The summed E-state index contributed by atoms with van der Waals surface area (Å²) >= 11 is 0. The van der Waals surface area contributed by atoms with Crippen molar-refractivity contribution in [2.75, 3.05) is 13.1 Å². The van der Waals surface area contributed by atoms with Gasteiger partial charge in [0, 0.05) is 30.2 Å². The first-order valence-corrected chi connectivity index (χ1v) is 6.87. The molecule has 1 N–H and O–H groups in total. The van der Waals surface area contributed by atoms with Gasteiger partial charge in [0.05, 0.1) is 10.9 Å². The summed E-state index contributed by atoms with van der Waals surface area (Å²) in [7, 11) is 0. The highest BCUT2D eigenvalue weighted by atomic mass is 16.4. The van der Waals surface area contributed by atoms with Crippen LogP contribution in [-0.2, 0) is 4.79 Å². The molecule has 0 spiro atoms. The van der Waals surface area contributed by atoms with Crippen LogP contribution in [0, 0.1) is 5.41 Å². The number of fused-ring (bicyclic) bond motifs is 1. The van der Waals surface area contributed by atoms with Crippen LogP contribution in [0.4, 0.5) is 0 Å². The summed E-state index contributed by atoms with van der Waals surface area (Å²) < 4.78 is 0. The Hall–Kier alpha value is -2.43. The van der Waals surface area contributed by atoms with E-state index in [1.807, 2.05) is 18.2 Å². The molecular formula is C16H16N2O3. The molecule has 21 heavy (non-hydrogen) atoms. The quantitative estimate of drug-likeness (QED) is 0.917. The van der Waals surface area contributed by atoms with Crippen LogP contribution >= 0.6 is 0 Å². The maximum absolute atomic E-state index is 12.5. The van der Waals surface area contributed by atoms with Crippen molar-refractivity contribution in [2.24, 2.45) is 5.41 Å². The number of carbonyl (C=O) groups excluding carboxylic acids is 1. The molecule has 1 aromatic heterocycles. The first kappa shape index (κ1) is 13.5. The van der Waals surface area contributed by atoms with E-state index < -0.39 is 11.4 Å². The van der Waals surface area contributed by atoms with Crippen LogP contribution in [0.3, 0.4) is 0 Å². The van der Waals surface area contributed by atoms with Gasteiger partial charge in [-0.1, -0.05) is 6.07 Å². The molecule has 5 heteroatoms. The average Bonchev–Trinajstić information content (AvgIpc) is 2.90. The molecule has 1 aliphatic heterocycles. The fourth-order valence-electron chi connectivity index (χ4n) is 2.70. The Morgan fingerprint density at radius 2 is 2.14 bits per heavy atom. The molecule has 3 rings (SSSR count). The largest absolute Gasteiger partial charge is 0.481 e. The lowest BCUT2D eigenvalue weighted by Gasteiger charge is -2.20. The summed E-state index contributed by atoms with van der Waals surface area (Å²) in [5.74, 6) is -0.966. The molecule has 1 saturated heterocycles. The van der Waals surface area contributed by atoms with E-state index in [4.69, 9.17) is 0 Å². The maximum atomic E-state index is 12.5. The minimum Gasteiger partial charge on any atom is -0.481 e. The molecule has 2 aromatic rings. The first-order valence-electron chi connectivity index (χ1n) is 6.87. The highest BCUT2D eigenvalue weighted by Crippen LogP contribution is 2.31. The fraction of sp³-hybridized carbons (Fsp3) is 0.312. The van der Waals surface area contributed by atoms with Crippen molar-refractivity contribution in [3.05, 3.63) is 42.1 Å². The zero-order chi connectivity index (χ0) is 15.0. The number of carbonyl (C=O) groups is 2. The standard InChI is InChI=1S/C16H16N2O3/c1-16(15(20)21)6-8-18(10-16)14(19)12-4-5-13-11(9-12)3-2-7-17-13/h2-5,7,9H,6,8,10H2,1H3,(H,20,21). The Morgan fingerprint density at radius 1 is 1.33 bits per heavy atom. The topological polar surface area (TPSA) is 70.5 Å². The van der Waals surface area contributed by atoms with Crippen molar-refractivity contribution >= 4 is 22.8 Å². The first-order chi connectivity index (χ1) is 9.99. The van der Waals surface area contributed by atoms with Crippen LogP contribution in [-0.4, -0.2) is 40.0 Å². The third-order valence-electron chi connectivity index (χ3n) is 4.13. The number of pyridine rings is 1. The van der Waals surface area contributed by atoms with Gasteiger partial charge in [-0.3, -0.25) is 14.6 Å². The van der Waals surface area contributed by atoms with Crippen LogP contribution in [0.15, 0.2) is 36.5 Å². The third-order valence-corrected chi connectivity index (χ3v) is 4.13. The summed E-state index contributed by atoms with van der Waals surface area (Å²) in [5, 5.41) is 10.1. The number of nitrogens with zero attached hydrogens (tertiary/aromatic N) is 2. The highest BCUT2D eigenvalue weighted by Gasteiger charge is 2.42. The average molecular weight is 284 g/mol. The number of hydrogen-bond acceptors (Lipinski definition) is 3. The molecule has 1 unspecified atom stereocenters. The van der Waals surface area contributed by atoms with Gasteiger partial charge in [0.1, 0.15) is 0 Å². The number of aliphatic carboxylic acids is 1. The molecule has 2 heterocycles. The second-order valence-electron chi connectivity index (χ2n) is 5.75. The summed E-state index contributed by atoms with van der Waals surface area (Å²) in [5.41, 5.74) is 0.574. The smallest absolute Gasteiger partial charge is 0.311 e. The molecule has 108 valence electrons. The van der Waals surface area contributed by atoms with Crippen molar-refractivity contribution in [2.45, 2.75) is 13.3 Å². The molecular weight excluding hydrogens is 268 g/mol. The van der Waals surface area contributed by atoms with Gasteiger partial charge in [-0.05, 0) is 37.6 Å². The minimum atomic E-state index is -0.847. The lowest BCUT2D eigenvalue weighted by molar-refractivity contribution is -0.147. The Morgan fingerprint density at radius 3 is 2.86 bits per heavy atom. The Kier molecular flexibility index (Phi) is 3.12. The van der Waals surface area contributed by atoms with E-state index in [2.05, 4.69) is 4.98 Å². The maximum Gasteiger partial charge on any atom is 0.311 e. The SMILES string of the molecule is CC1(C(=O)O)CCN(C(=O)c2ccc3ncccc3c2)C1. The van der Waals surface area contributed by atoms with Crippen molar-refractivity contribution < 1.29 is 14.7 Å². The van der Waals surface area contributed by atoms with Crippen molar-refractivity contribution in [3.63, 3.8) is 0 Å². The number of aromatic nitrogens is 1. The molecule has 1 amide bonds. The van der Waals surface area contributed by atoms with E-state index in [1.165, 1.54) is 0 Å². The molecule has 5 nitrogen and oxygen atoms in total. The van der Waals surface area contributed by atoms with Crippen LogP contribution in [0.25, 0.3) is 10.9 Å². The van der Waals surface area contributed by atoms with E-state index in [1.54, 1.807) is 30.2 Å². The van der Waals surface area contributed by atoms with E-state index >= 15 is 0 Å². The fourth-order valence-corrected chi connectivity index (χ4v) is 2.70. The van der Waals surface area contributed by atoms with Crippen molar-refractivity contribution in [3.8, 4) is 0 Å². The summed E-state index contributed by atoms with van der Waals surface area (Å²) in [4.78, 5) is 29.6. The molecule has 1 fully saturated rings. The van der Waals surface area contributed by atoms with E-state index in [0.717, 1.165) is 10.9 Å². The van der Waals surface area contributed by atoms with Gasteiger partial charge in [0.2, 0.25) is 0 Å². The predicted molar refractivity (Wildman–Crippen MR) is 78.0 cm³/mol. The third kappa shape index (κ3) is 2.35. The zero-order valence-corrected chi connectivity index (χ0v) is 11.7. The highest BCUT2D eigenvalue weighted by molar-refractivity contribution is 5.98. The lowest BCUT2D eigenvalue weighted by atomic mass is 9.90. The molecule has 1 atom stereocenters. The number of likely N-dealkylation sites (tertiary alicyclic amines) is 1. The molecule has 0 radical (unpaired) electrons. The van der Waals surface area contributed by atoms with Crippen molar-refractivity contribution in [1.82, 2.24) is 9.88 Å². The normalized spacial score (nSPS) is 21.7. The predicted octanol–water partition coefficient (Wildman–Crippen LogP) is 2.17. The second kappa shape index (κ2) is 4.84. The molecule has 1 aromatic carbocycles. The molecule has 1 aliphatic rings. The molecule has 0 saturated carbocycles. The van der Waals surface area contributed by atoms with E-state index in [0.29, 0.717) is 18.5 Å². The van der Waals surface area contributed by atoms with Gasteiger partial charge >= 0.3 is 5.97 Å². The van der Waals surface area contributed by atoms with Gasteiger partial charge in [-0.15, -0.1) is 0 Å². The lowest BCUT2D eigenvalue weighted by Crippen LogP contribution is -2.34. The van der Waals surface area contributed by atoms with Crippen molar-refractivity contribution in [1.29, 1.82) is 0 Å². The summed E-state index contributed by atoms with van der Waals surface area (Å²) in [6.45, 7) is 2.42. The Labute approximate surface area is 122 Å². The van der Waals surface area contributed by atoms with Crippen LogP contribution < -0.4 is 0 Å². The van der Waals surface area contributed by atoms with Crippen LogP contribution in [0.5, 0.6) is 0 Å². The number of hydrogen-bond donors (Lipinski definition) is 1. The Balaban J connectivity index is 1.86. The molecule has 0 bridgehead atoms. The number of benzene rings is 1. The van der Waals surface area contributed by atoms with Gasteiger partial charge in [0.15, 0.2) is 0 Å². The Bertz CT molecular complexity index is 728. The van der Waals surface area contributed by atoms with Gasteiger partial charge in [0.25, 0.3) is 5.91 Å². The number of carboxylic acid groups (broad SMARTS) is 1. The number of amides is 1. The monoisotopic (exact) mass is 284 g/mol. The number of carboxylic acids is 1. The minimum absolute atomic E-state index is 0.120. The number of rotatable bonds is 2. The summed E-state index contributed by atoms with van der Waals surface area (Å²) in [6.07, 6.45) is 2.20.